The summed E-state index contributed by atoms with van der Waals surface area (Å²) in [6.45, 7) is 3.20. The van der Waals surface area contributed by atoms with E-state index in [0.29, 0.717) is 12.3 Å². The van der Waals surface area contributed by atoms with Gasteiger partial charge in [0.15, 0.2) is 0 Å². The van der Waals surface area contributed by atoms with E-state index in [2.05, 4.69) is 52.8 Å². The van der Waals surface area contributed by atoms with Gasteiger partial charge in [0.2, 0.25) is 5.91 Å². The maximum absolute atomic E-state index is 11.2. The molecule has 1 aliphatic rings. The third-order valence-electron chi connectivity index (χ3n) is 4.89. The molecule has 122 valence electrons. The first kappa shape index (κ1) is 16.0. The molecule has 0 bridgehead atoms. The molecule has 1 fully saturated rings. The van der Waals surface area contributed by atoms with Crippen molar-refractivity contribution in [2.45, 2.75) is 31.6 Å². The van der Waals surface area contributed by atoms with Crippen molar-refractivity contribution in [1.82, 2.24) is 10.3 Å². The van der Waals surface area contributed by atoms with Crippen LogP contribution in [0.2, 0.25) is 0 Å². The number of hydrazine groups is 1. The van der Waals surface area contributed by atoms with E-state index in [9.17, 15) is 4.79 Å². The van der Waals surface area contributed by atoms with Gasteiger partial charge in [-0.25, -0.2) is 5.84 Å². The smallest absolute Gasteiger partial charge is 0.233 e. The molecule has 2 aromatic carbocycles. The number of fused-ring (bicyclic) bond motifs is 1. The van der Waals surface area contributed by atoms with Gasteiger partial charge in [0, 0.05) is 6.42 Å². The Balaban J connectivity index is 1.57. The monoisotopic (exact) mass is 311 g/mol. The molecular formula is C19H25N3O. The zero-order valence-corrected chi connectivity index (χ0v) is 13.5. The molecule has 1 aliphatic heterocycles. The minimum atomic E-state index is -0.0735. The van der Waals surface area contributed by atoms with Gasteiger partial charge in [-0.3, -0.25) is 10.2 Å². The molecule has 0 aliphatic carbocycles. The molecule has 0 aromatic heterocycles. The van der Waals surface area contributed by atoms with Gasteiger partial charge in [0.25, 0.3) is 0 Å². The highest BCUT2D eigenvalue weighted by atomic mass is 16.2. The zero-order chi connectivity index (χ0) is 16.1. The summed E-state index contributed by atoms with van der Waals surface area (Å²) in [5.74, 6) is 5.68. The first-order valence-corrected chi connectivity index (χ1v) is 8.47. The van der Waals surface area contributed by atoms with Crippen LogP contribution in [0.1, 0.15) is 37.2 Å². The van der Waals surface area contributed by atoms with Crippen molar-refractivity contribution in [2.75, 3.05) is 19.6 Å². The van der Waals surface area contributed by atoms with Crippen molar-refractivity contribution in [2.24, 2.45) is 5.84 Å². The number of nitrogens with one attached hydrogen (secondary N) is 1. The van der Waals surface area contributed by atoms with E-state index in [0.717, 1.165) is 26.1 Å². The average Bonchev–Trinajstić information content (AvgIpc) is 2.61. The lowest BCUT2D eigenvalue weighted by Gasteiger charge is -2.32. The SMILES string of the molecule is NNC(=O)CCCN1CCC(c2cccc3ccccc23)CC1. The Morgan fingerprint density at radius 3 is 2.65 bits per heavy atom. The topological polar surface area (TPSA) is 58.4 Å². The Morgan fingerprint density at radius 1 is 1.13 bits per heavy atom. The van der Waals surface area contributed by atoms with E-state index in [1.807, 2.05) is 0 Å². The fraction of sp³-hybridized carbons (Fsp3) is 0.421. The standard InChI is InChI=1S/C19H25N3O/c20-21-19(23)9-4-12-22-13-10-16(11-14-22)18-8-3-6-15-5-1-2-7-17(15)18/h1-3,5-8,16H,4,9-14,20H2,(H,21,23). The second-order valence-corrected chi connectivity index (χ2v) is 6.36. The predicted octanol–water partition coefficient (Wildman–Crippen LogP) is 2.79. The molecule has 2 aromatic rings. The van der Waals surface area contributed by atoms with Crippen molar-refractivity contribution >= 4 is 16.7 Å². The average molecular weight is 311 g/mol. The Morgan fingerprint density at radius 2 is 1.87 bits per heavy atom. The highest BCUT2D eigenvalue weighted by Gasteiger charge is 2.21. The summed E-state index contributed by atoms with van der Waals surface area (Å²) in [5, 5.41) is 2.73. The van der Waals surface area contributed by atoms with E-state index < -0.39 is 0 Å². The third-order valence-corrected chi connectivity index (χ3v) is 4.89. The van der Waals surface area contributed by atoms with Crippen LogP contribution in [0.3, 0.4) is 0 Å². The highest BCUT2D eigenvalue weighted by molar-refractivity contribution is 5.86. The molecule has 0 atom stereocenters. The van der Waals surface area contributed by atoms with Crippen LogP contribution in [-0.4, -0.2) is 30.4 Å². The number of hydrogen-bond acceptors (Lipinski definition) is 3. The normalized spacial score (nSPS) is 16.6. The number of likely N-dealkylation sites (tertiary alicyclic amines) is 1. The van der Waals surface area contributed by atoms with Crippen molar-refractivity contribution in [1.29, 1.82) is 0 Å². The lowest BCUT2D eigenvalue weighted by molar-refractivity contribution is -0.121. The predicted molar refractivity (Wildman–Crippen MR) is 93.9 cm³/mol. The van der Waals surface area contributed by atoms with Gasteiger partial charge >= 0.3 is 0 Å². The summed E-state index contributed by atoms with van der Waals surface area (Å²) in [6.07, 6.45) is 3.77. The van der Waals surface area contributed by atoms with E-state index in [1.165, 1.54) is 29.2 Å². The summed E-state index contributed by atoms with van der Waals surface area (Å²) in [5.41, 5.74) is 3.68. The molecule has 1 heterocycles. The van der Waals surface area contributed by atoms with E-state index >= 15 is 0 Å². The number of nitrogens with two attached hydrogens (primary N) is 1. The Labute approximate surface area is 137 Å². The summed E-state index contributed by atoms with van der Waals surface area (Å²) in [7, 11) is 0. The summed E-state index contributed by atoms with van der Waals surface area (Å²) < 4.78 is 0. The van der Waals surface area contributed by atoms with E-state index in [4.69, 9.17) is 5.84 Å². The number of piperidine rings is 1. The molecule has 0 unspecified atom stereocenters. The van der Waals surface area contributed by atoms with Gasteiger partial charge < -0.3 is 4.90 Å². The molecule has 0 saturated carbocycles. The van der Waals surface area contributed by atoms with Gasteiger partial charge in [-0.2, -0.15) is 0 Å². The van der Waals surface area contributed by atoms with Gasteiger partial charge in [-0.05, 0) is 61.2 Å². The maximum atomic E-state index is 11.2. The second-order valence-electron chi connectivity index (χ2n) is 6.36. The van der Waals surface area contributed by atoms with Crippen molar-refractivity contribution in [3.63, 3.8) is 0 Å². The van der Waals surface area contributed by atoms with Crippen molar-refractivity contribution < 1.29 is 4.79 Å². The van der Waals surface area contributed by atoms with Crippen LogP contribution in [0, 0.1) is 0 Å². The second kappa shape index (κ2) is 7.57. The number of hydrogen-bond donors (Lipinski definition) is 2. The van der Waals surface area contributed by atoms with Crippen LogP contribution in [0.5, 0.6) is 0 Å². The Kier molecular flexibility index (Phi) is 5.26. The molecule has 0 radical (unpaired) electrons. The summed E-state index contributed by atoms with van der Waals surface area (Å²) in [6, 6.07) is 15.3. The quantitative estimate of drug-likeness (QED) is 0.507. The molecule has 4 nitrogen and oxygen atoms in total. The van der Waals surface area contributed by atoms with Crippen LogP contribution in [-0.2, 0) is 4.79 Å². The zero-order valence-electron chi connectivity index (χ0n) is 13.5. The van der Waals surface area contributed by atoms with Gasteiger partial charge in [-0.1, -0.05) is 42.5 Å². The van der Waals surface area contributed by atoms with Crippen LogP contribution in [0.4, 0.5) is 0 Å². The van der Waals surface area contributed by atoms with Crippen LogP contribution < -0.4 is 11.3 Å². The minimum Gasteiger partial charge on any atom is -0.303 e. The lowest BCUT2D eigenvalue weighted by atomic mass is 9.86. The molecule has 3 N–H and O–H groups in total. The van der Waals surface area contributed by atoms with Crippen molar-refractivity contribution in [3.8, 4) is 0 Å². The Hall–Kier alpha value is -1.91. The van der Waals surface area contributed by atoms with E-state index in [1.54, 1.807) is 0 Å². The minimum absolute atomic E-state index is 0.0735. The van der Waals surface area contributed by atoms with Gasteiger partial charge in [0.05, 0.1) is 0 Å². The first-order chi connectivity index (χ1) is 11.3. The first-order valence-electron chi connectivity index (χ1n) is 8.47. The summed E-state index contributed by atoms with van der Waals surface area (Å²) >= 11 is 0. The number of benzene rings is 2. The molecule has 1 saturated heterocycles. The fourth-order valence-corrected chi connectivity index (χ4v) is 3.61. The highest BCUT2D eigenvalue weighted by Crippen LogP contribution is 2.33. The van der Waals surface area contributed by atoms with Crippen molar-refractivity contribution in [3.05, 3.63) is 48.0 Å². The Bertz CT molecular complexity index is 657. The van der Waals surface area contributed by atoms with Crippen LogP contribution in [0.15, 0.2) is 42.5 Å². The number of nitrogens with zero attached hydrogens (tertiary/aromatic N) is 1. The van der Waals surface area contributed by atoms with Crippen LogP contribution >= 0.6 is 0 Å². The molecule has 3 rings (SSSR count). The lowest BCUT2D eigenvalue weighted by Crippen LogP contribution is -2.35. The molecular weight excluding hydrogens is 286 g/mol. The van der Waals surface area contributed by atoms with Crippen LogP contribution in [0.25, 0.3) is 10.8 Å². The fourth-order valence-electron chi connectivity index (χ4n) is 3.61. The maximum Gasteiger partial charge on any atom is 0.233 e. The number of rotatable bonds is 5. The van der Waals surface area contributed by atoms with Gasteiger partial charge in [0.1, 0.15) is 0 Å². The largest absolute Gasteiger partial charge is 0.303 e. The number of amides is 1. The third kappa shape index (κ3) is 3.89. The molecule has 0 spiro atoms. The van der Waals surface area contributed by atoms with E-state index in [-0.39, 0.29) is 5.91 Å². The summed E-state index contributed by atoms with van der Waals surface area (Å²) in [4.78, 5) is 13.6. The molecule has 1 amide bonds. The molecule has 4 heteroatoms. The number of carbonyl (C=O) groups is 1. The number of carbonyl (C=O) groups excluding carboxylic acids is 1. The van der Waals surface area contributed by atoms with Gasteiger partial charge in [-0.15, -0.1) is 0 Å². The molecule has 23 heavy (non-hydrogen) atoms.